The van der Waals surface area contributed by atoms with Crippen LogP contribution in [0, 0.1) is 0 Å². The predicted molar refractivity (Wildman–Crippen MR) is 268 cm³/mol. The Labute approximate surface area is 376 Å². The minimum atomic E-state index is -0.190. The van der Waals surface area contributed by atoms with Crippen LogP contribution in [0.25, 0.3) is 111 Å². The van der Waals surface area contributed by atoms with Crippen molar-refractivity contribution in [3.05, 3.63) is 223 Å². The minimum absolute atomic E-state index is 0.190. The summed E-state index contributed by atoms with van der Waals surface area (Å²) in [4.78, 5) is 15.6. The van der Waals surface area contributed by atoms with Gasteiger partial charge in [-0.3, -0.25) is 4.57 Å². The van der Waals surface area contributed by atoms with Crippen LogP contribution in [0.2, 0.25) is 0 Å². The molecule has 0 N–H and O–H groups in total. The predicted octanol–water partition coefficient (Wildman–Crippen LogP) is 15.0. The van der Waals surface area contributed by atoms with Crippen LogP contribution in [0.5, 0.6) is 0 Å². The molecule has 0 aliphatic heterocycles. The molecule has 1 aliphatic rings. The number of hydrogen-bond donors (Lipinski definition) is 0. The number of nitrogens with zero attached hydrogens (tertiary/aromatic N) is 5. The van der Waals surface area contributed by atoms with Crippen molar-refractivity contribution in [3.63, 3.8) is 0 Å². The fraction of sp³-hybridized carbons (Fsp3) is 0.0500. The number of para-hydroxylation sites is 1. The molecule has 0 fully saturated rings. The van der Waals surface area contributed by atoms with Crippen molar-refractivity contribution >= 4 is 43.6 Å². The van der Waals surface area contributed by atoms with Crippen molar-refractivity contribution in [2.75, 3.05) is 0 Å². The maximum atomic E-state index is 5.28. The van der Waals surface area contributed by atoms with Crippen LogP contribution >= 0.6 is 0 Å². The van der Waals surface area contributed by atoms with Gasteiger partial charge in [0.1, 0.15) is 0 Å². The van der Waals surface area contributed by atoms with Crippen molar-refractivity contribution < 1.29 is 0 Å². The number of aromatic nitrogens is 5. The molecule has 0 atom stereocenters. The molecule has 5 heteroatoms. The summed E-state index contributed by atoms with van der Waals surface area (Å²) in [6.07, 6.45) is 0. The van der Waals surface area contributed by atoms with Crippen LogP contribution in [-0.4, -0.2) is 24.1 Å². The largest absolute Gasteiger partial charge is 0.309 e. The lowest BCUT2D eigenvalue weighted by atomic mass is 9.82. The second-order valence-corrected chi connectivity index (χ2v) is 17.7. The number of fused-ring (bicyclic) bond motifs is 9. The highest BCUT2D eigenvalue weighted by atomic mass is 15.2. The van der Waals surface area contributed by atoms with E-state index in [0.29, 0.717) is 17.6 Å². The first-order valence-corrected chi connectivity index (χ1v) is 22.3. The Morgan fingerprint density at radius 3 is 1.32 bits per heavy atom. The van der Waals surface area contributed by atoms with Gasteiger partial charge in [-0.05, 0) is 105 Å². The molecular formula is C60H41N5. The van der Waals surface area contributed by atoms with Crippen molar-refractivity contribution in [1.82, 2.24) is 24.1 Å². The average Bonchev–Trinajstić information content (AvgIpc) is 3.95. The maximum absolute atomic E-state index is 5.28. The third kappa shape index (κ3) is 5.82. The van der Waals surface area contributed by atoms with Crippen LogP contribution in [-0.2, 0) is 5.41 Å². The van der Waals surface area contributed by atoms with Crippen LogP contribution in [0.3, 0.4) is 0 Å². The normalized spacial score (nSPS) is 12.9. The molecule has 0 unspecified atom stereocenters. The van der Waals surface area contributed by atoms with E-state index in [1.807, 2.05) is 36.4 Å². The minimum Gasteiger partial charge on any atom is -0.309 e. The van der Waals surface area contributed by atoms with Crippen molar-refractivity contribution in [2.24, 2.45) is 0 Å². The Kier molecular flexibility index (Phi) is 8.18. The fourth-order valence-corrected chi connectivity index (χ4v) is 10.4. The topological polar surface area (TPSA) is 48.5 Å². The Hall–Kier alpha value is -8.41. The van der Waals surface area contributed by atoms with Gasteiger partial charge in [-0.15, -0.1) is 0 Å². The lowest BCUT2D eigenvalue weighted by Crippen LogP contribution is -2.15. The molecule has 9 aromatic carbocycles. The lowest BCUT2D eigenvalue weighted by Gasteiger charge is -2.21. The first-order valence-electron chi connectivity index (χ1n) is 22.3. The van der Waals surface area contributed by atoms with E-state index < -0.39 is 0 Å². The summed E-state index contributed by atoms with van der Waals surface area (Å²) in [6.45, 7) is 4.68. The standard InChI is InChI=1S/C60H41N5/c1-60(2)51-26-16-15-25-45(51)46-36-50-49-35-43(42-28-31-54-48(34-42)47-33-41(38-17-7-3-8-18-38)27-30-53(47)64(54)44-23-13-6-14-24-44)29-32-55(49)65(56(50)37-52(46)60)59-62-57(39-19-9-4-10-20-39)61-58(63-59)40-21-11-5-12-22-40/h3-37H,1-2H3. The van der Waals surface area contributed by atoms with Crippen LogP contribution in [0.4, 0.5) is 0 Å². The molecule has 0 saturated carbocycles. The number of benzene rings is 9. The monoisotopic (exact) mass is 831 g/mol. The molecule has 65 heavy (non-hydrogen) atoms. The zero-order valence-electron chi connectivity index (χ0n) is 35.9. The van der Waals surface area contributed by atoms with Crippen molar-refractivity contribution in [3.8, 4) is 67.8 Å². The Bertz CT molecular complexity index is 3770. The van der Waals surface area contributed by atoms with E-state index in [1.165, 1.54) is 55.2 Å². The lowest BCUT2D eigenvalue weighted by molar-refractivity contribution is 0.661. The van der Waals surface area contributed by atoms with Gasteiger partial charge in [0.2, 0.25) is 5.95 Å². The Morgan fingerprint density at radius 1 is 0.323 bits per heavy atom. The highest BCUT2D eigenvalue weighted by Gasteiger charge is 2.36. The first kappa shape index (κ1) is 37.2. The summed E-state index contributed by atoms with van der Waals surface area (Å²) < 4.78 is 4.65. The van der Waals surface area contributed by atoms with Crippen LogP contribution in [0.1, 0.15) is 25.0 Å². The first-order chi connectivity index (χ1) is 32.0. The van der Waals surface area contributed by atoms with Crippen molar-refractivity contribution in [1.29, 1.82) is 0 Å². The van der Waals surface area contributed by atoms with Gasteiger partial charge in [0.25, 0.3) is 0 Å². The van der Waals surface area contributed by atoms with Gasteiger partial charge in [-0.2, -0.15) is 9.97 Å². The van der Waals surface area contributed by atoms with Gasteiger partial charge >= 0.3 is 0 Å². The quantitative estimate of drug-likeness (QED) is 0.168. The molecule has 306 valence electrons. The molecule has 1 aliphatic carbocycles. The molecule has 5 nitrogen and oxygen atoms in total. The van der Waals surface area contributed by atoms with E-state index in [1.54, 1.807) is 0 Å². The molecular weight excluding hydrogens is 791 g/mol. The van der Waals surface area contributed by atoms with Crippen molar-refractivity contribution in [2.45, 2.75) is 19.3 Å². The van der Waals surface area contributed by atoms with Gasteiger partial charge < -0.3 is 4.57 Å². The highest BCUT2D eigenvalue weighted by Crippen LogP contribution is 2.51. The zero-order valence-corrected chi connectivity index (χ0v) is 35.9. The molecule has 3 heterocycles. The smallest absolute Gasteiger partial charge is 0.238 e. The Morgan fingerprint density at radius 2 is 0.769 bits per heavy atom. The molecule has 0 radical (unpaired) electrons. The molecule has 0 amide bonds. The second-order valence-electron chi connectivity index (χ2n) is 17.7. The third-order valence-corrected chi connectivity index (χ3v) is 13.6. The summed E-state index contributed by atoms with van der Waals surface area (Å²) in [6, 6.07) is 76.2. The van der Waals surface area contributed by atoms with E-state index in [2.05, 4.69) is 199 Å². The van der Waals surface area contributed by atoms with Gasteiger partial charge in [-0.1, -0.05) is 166 Å². The molecule has 13 rings (SSSR count). The second kappa shape index (κ2) is 14.3. The molecule has 0 spiro atoms. The van der Waals surface area contributed by atoms with E-state index in [-0.39, 0.29) is 5.41 Å². The summed E-state index contributed by atoms with van der Waals surface area (Å²) in [5.41, 5.74) is 17.2. The highest BCUT2D eigenvalue weighted by molar-refractivity contribution is 6.14. The average molecular weight is 832 g/mol. The summed E-state index contributed by atoms with van der Waals surface area (Å²) >= 11 is 0. The Balaban J connectivity index is 1.07. The van der Waals surface area contributed by atoms with Gasteiger partial charge in [0.05, 0.1) is 22.1 Å². The number of rotatable bonds is 6. The van der Waals surface area contributed by atoms with Gasteiger partial charge in [0, 0.05) is 43.8 Å². The molecule has 3 aromatic heterocycles. The van der Waals surface area contributed by atoms with E-state index in [4.69, 9.17) is 15.0 Å². The van der Waals surface area contributed by atoms with E-state index in [9.17, 15) is 0 Å². The molecule has 0 bridgehead atoms. The van der Waals surface area contributed by atoms with Gasteiger partial charge in [-0.25, -0.2) is 4.98 Å². The SMILES string of the molecule is CC1(C)c2ccccc2-c2cc3c4cc(-c5ccc6c(c5)c5cc(-c7ccccc7)ccc5n6-c5ccccc5)ccc4n(-c4nc(-c5ccccc5)nc(-c5ccccc5)n4)c3cc21. The van der Waals surface area contributed by atoms with Crippen LogP contribution < -0.4 is 0 Å². The summed E-state index contributed by atoms with van der Waals surface area (Å²) in [7, 11) is 0. The van der Waals surface area contributed by atoms with Crippen LogP contribution in [0.15, 0.2) is 212 Å². The summed E-state index contributed by atoms with van der Waals surface area (Å²) in [5, 5.41) is 4.74. The fourth-order valence-electron chi connectivity index (χ4n) is 10.4. The molecule has 12 aromatic rings. The summed E-state index contributed by atoms with van der Waals surface area (Å²) in [5.74, 6) is 1.85. The van der Waals surface area contributed by atoms with E-state index in [0.717, 1.165) is 49.7 Å². The maximum Gasteiger partial charge on any atom is 0.238 e. The van der Waals surface area contributed by atoms with Gasteiger partial charge in [0.15, 0.2) is 11.6 Å². The number of hydrogen-bond acceptors (Lipinski definition) is 3. The molecule has 0 saturated heterocycles. The third-order valence-electron chi connectivity index (χ3n) is 13.6. The van der Waals surface area contributed by atoms with E-state index >= 15 is 0 Å². The zero-order chi connectivity index (χ0) is 43.2.